The molecule has 1 aromatic heterocycles. The number of pyridine rings is 1. The minimum Gasteiger partial charge on any atom is -0.351 e. The molecule has 1 aliphatic rings. The van der Waals surface area contributed by atoms with Crippen LogP contribution in [0.15, 0.2) is 12.3 Å². The molecule has 0 radical (unpaired) electrons. The molecule has 21 heavy (non-hydrogen) atoms. The average molecular weight is 332 g/mol. The Kier molecular flexibility index (Phi) is 5.46. The highest BCUT2D eigenvalue weighted by molar-refractivity contribution is 7.91. The zero-order chi connectivity index (χ0) is 15.5. The van der Waals surface area contributed by atoms with Crippen molar-refractivity contribution in [3.05, 3.63) is 22.8 Å². The number of nitrogens with zero attached hydrogens (tertiary/aromatic N) is 2. The lowest BCUT2D eigenvalue weighted by Crippen LogP contribution is -2.47. The number of aromatic nitrogens is 1. The molecule has 5 nitrogen and oxygen atoms in total. The van der Waals surface area contributed by atoms with Gasteiger partial charge in [-0.3, -0.25) is 0 Å². The van der Waals surface area contributed by atoms with Crippen molar-refractivity contribution in [3.8, 4) is 0 Å². The van der Waals surface area contributed by atoms with Crippen LogP contribution < -0.4 is 10.2 Å². The van der Waals surface area contributed by atoms with Gasteiger partial charge in [-0.05, 0) is 31.5 Å². The third kappa shape index (κ3) is 4.31. The van der Waals surface area contributed by atoms with E-state index in [0.717, 1.165) is 25.1 Å². The molecule has 0 amide bonds. The van der Waals surface area contributed by atoms with Crippen LogP contribution in [-0.2, 0) is 16.4 Å². The molecule has 1 N–H and O–H groups in total. The van der Waals surface area contributed by atoms with Gasteiger partial charge < -0.3 is 10.2 Å². The summed E-state index contributed by atoms with van der Waals surface area (Å²) in [4.78, 5) is 6.42. The molecule has 7 heteroatoms. The molecule has 2 rings (SSSR count). The summed E-state index contributed by atoms with van der Waals surface area (Å²) in [5.74, 6) is 0.998. The van der Waals surface area contributed by atoms with Gasteiger partial charge in [0.1, 0.15) is 5.82 Å². The molecular weight excluding hydrogens is 310 g/mol. The quantitative estimate of drug-likeness (QED) is 0.834. The monoisotopic (exact) mass is 331 g/mol. The van der Waals surface area contributed by atoms with Crippen LogP contribution in [0.3, 0.4) is 0 Å². The summed E-state index contributed by atoms with van der Waals surface area (Å²) >= 11 is 6.33. The van der Waals surface area contributed by atoms with E-state index in [2.05, 4.69) is 17.2 Å². The number of sulfone groups is 1. The minimum absolute atomic E-state index is 0.0992. The summed E-state index contributed by atoms with van der Waals surface area (Å²) in [6.45, 7) is 6.16. The molecule has 1 aliphatic heterocycles. The van der Waals surface area contributed by atoms with Gasteiger partial charge in [-0.15, -0.1) is 0 Å². The minimum atomic E-state index is -2.93. The lowest BCUT2D eigenvalue weighted by Gasteiger charge is -2.34. The SMILES string of the molecule is CCCNCc1cnc(N2CCS(=O)(=O)CC2C)c(Cl)c1. The van der Waals surface area contributed by atoms with Crippen molar-refractivity contribution in [1.29, 1.82) is 0 Å². The van der Waals surface area contributed by atoms with Gasteiger partial charge in [0, 0.05) is 25.3 Å². The Morgan fingerprint density at radius 1 is 1.52 bits per heavy atom. The molecule has 1 unspecified atom stereocenters. The van der Waals surface area contributed by atoms with Gasteiger partial charge in [0.05, 0.1) is 16.5 Å². The summed E-state index contributed by atoms with van der Waals surface area (Å²) in [6.07, 6.45) is 2.89. The fourth-order valence-electron chi connectivity index (χ4n) is 2.50. The maximum Gasteiger partial charge on any atom is 0.154 e. The second kappa shape index (κ2) is 6.94. The van der Waals surface area contributed by atoms with Crippen LogP contribution in [0.25, 0.3) is 0 Å². The highest BCUT2D eigenvalue weighted by Gasteiger charge is 2.29. The predicted molar refractivity (Wildman–Crippen MR) is 86.7 cm³/mol. The van der Waals surface area contributed by atoms with Crippen molar-refractivity contribution in [3.63, 3.8) is 0 Å². The molecule has 0 aliphatic carbocycles. The maximum atomic E-state index is 11.6. The van der Waals surface area contributed by atoms with Crippen molar-refractivity contribution in [2.75, 3.05) is 29.5 Å². The Labute approximate surface area is 131 Å². The molecule has 0 spiro atoms. The average Bonchev–Trinajstić information content (AvgIpc) is 2.39. The van der Waals surface area contributed by atoms with Crippen LogP contribution in [0.4, 0.5) is 5.82 Å². The van der Waals surface area contributed by atoms with E-state index in [1.54, 1.807) is 6.20 Å². The molecule has 118 valence electrons. The first-order valence-corrected chi connectivity index (χ1v) is 9.45. The van der Waals surface area contributed by atoms with E-state index in [1.807, 2.05) is 17.9 Å². The molecule has 1 atom stereocenters. The van der Waals surface area contributed by atoms with E-state index >= 15 is 0 Å². The molecule has 0 bridgehead atoms. The molecular formula is C14H22ClN3O2S. The Hall–Kier alpha value is -0.850. The van der Waals surface area contributed by atoms with Crippen LogP contribution in [0.1, 0.15) is 25.8 Å². The predicted octanol–water partition coefficient (Wildman–Crippen LogP) is 1.86. The molecule has 2 heterocycles. The van der Waals surface area contributed by atoms with E-state index in [9.17, 15) is 8.42 Å². The lowest BCUT2D eigenvalue weighted by atomic mass is 10.2. The van der Waals surface area contributed by atoms with Crippen LogP contribution in [-0.4, -0.2) is 44.0 Å². The highest BCUT2D eigenvalue weighted by Crippen LogP contribution is 2.27. The first kappa shape index (κ1) is 16.5. The maximum absolute atomic E-state index is 11.6. The highest BCUT2D eigenvalue weighted by atomic mass is 35.5. The number of hydrogen-bond donors (Lipinski definition) is 1. The van der Waals surface area contributed by atoms with Crippen molar-refractivity contribution < 1.29 is 8.42 Å². The van der Waals surface area contributed by atoms with Crippen molar-refractivity contribution in [2.45, 2.75) is 32.9 Å². The van der Waals surface area contributed by atoms with Gasteiger partial charge in [-0.2, -0.15) is 0 Å². The smallest absolute Gasteiger partial charge is 0.154 e. The van der Waals surface area contributed by atoms with Crippen LogP contribution in [0.2, 0.25) is 5.02 Å². The Bertz CT molecular complexity index is 592. The first-order valence-electron chi connectivity index (χ1n) is 7.25. The fraction of sp³-hybridized carbons (Fsp3) is 0.643. The van der Waals surface area contributed by atoms with E-state index in [-0.39, 0.29) is 17.5 Å². The van der Waals surface area contributed by atoms with E-state index < -0.39 is 9.84 Å². The van der Waals surface area contributed by atoms with Gasteiger partial charge in [-0.25, -0.2) is 13.4 Å². The Balaban J connectivity index is 2.10. The fourth-order valence-corrected chi connectivity index (χ4v) is 4.36. The van der Waals surface area contributed by atoms with Crippen molar-refractivity contribution in [1.82, 2.24) is 10.3 Å². The van der Waals surface area contributed by atoms with Crippen LogP contribution in [0, 0.1) is 0 Å². The van der Waals surface area contributed by atoms with Gasteiger partial charge in [0.2, 0.25) is 0 Å². The summed E-state index contributed by atoms with van der Waals surface area (Å²) in [5, 5.41) is 3.89. The van der Waals surface area contributed by atoms with Crippen LogP contribution >= 0.6 is 11.6 Å². The molecule has 1 aromatic rings. The molecule has 0 saturated carbocycles. The normalized spacial score (nSPS) is 21.5. The third-order valence-electron chi connectivity index (χ3n) is 3.58. The zero-order valence-electron chi connectivity index (χ0n) is 12.5. The number of nitrogens with one attached hydrogen (secondary N) is 1. The topological polar surface area (TPSA) is 62.3 Å². The number of rotatable bonds is 5. The summed E-state index contributed by atoms with van der Waals surface area (Å²) < 4.78 is 23.3. The van der Waals surface area contributed by atoms with E-state index in [4.69, 9.17) is 11.6 Å². The summed E-state index contributed by atoms with van der Waals surface area (Å²) in [7, 11) is -2.93. The largest absolute Gasteiger partial charge is 0.351 e. The zero-order valence-corrected chi connectivity index (χ0v) is 14.0. The summed E-state index contributed by atoms with van der Waals surface area (Å²) in [6, 6.07) is 1.81. The second-order valence-corrected chi connectivity index (χ2v) is 8.12. The Morgan fingerprint density at radius 3 is 2.90 bits per heavy atom. The summed E-state index contributed by atoms with van der Waals surface area (Å²) in [5.41, 5.74) is 1.04. The van der Waals surface area contributed by atoms with Gasteiger partial charge in [0.15, 0.2) is 9.84 Å². The second-order valence-electron chi connectivity index (χ2n) is 5.48. The first-order chi connectivity index (χ1) is 9.93. The standard InChI is InChI=1S/C14H22ClN3O2S/c1-3-4-16-8-12-7-13(15)14(17-9-12)18-5-6-21(19,20)10-11(18)2/h7,9,11,16H,3-6,8,10H2,1-2H3. The van der Waals surface area contributed by atoms with Crippen molar-refractivity contribution >= 4 is 27.3 Å². The number of halogens is 1. The lowest BCUT2D eigenvalue weighted by molar-refractivity contribution is 0.566. The molecule has 1 saturated heterocycles. The molecule has 0 aromatic carbocycles. The Morgan fingerprint density at radius 2 is 2.29 bits per heavy atom. The van der Waals surface area contributed by atoms with Gasteiger partial charge in [0.25, 0.3) is 0 Å². The van der Waals surface area contributed by atoms with Gasteiger partial charge in [-0.1, -0.05) is 18.5 Å². The molecule has 1 fully saturated rings. The third-order valence-corrected chi connectivity index (χ3v) is 5.65. The van der Waals surface area contributed by atoms with E-state index in [1.165, 1.54) is 0 Å². The number of hydrogen-bond acceptors (Lipinski definition) is 5. The number of anilines is 1. The van der Waals surface area contributed by atoms with Crippen LogP contribution in [0.5, 0.6) is 0 Å². The van der Waals surface area contributed by atoms with E-state index in [0.29, 0.717) is 17.4 Å². The van der Waals surface area contributed by atoms with Crippen molar-refractivity contribution in [2.24, 2.45) is 0 Å². The van der Waals surface area contributed by atoms with Gasteiger partial charge >= 0.3 is 0 Å².